The van der Waals surface area contributed by atoms with E-state index >= 15 is 0 Å². The molecule has 0 bridgehead atoms. The minimum absolute atomic E-state index is 0.0245. The first-order valence-corrected chi connectivity index (χ1v) is 6.18. The molecular formula is C12H26N2O2. The highest BCUT2D eigenvalue weighted by Crippen LogP contribution is 2.09. The maximum absolute atomic E-state index is 11.9. The first kappa shape index (κ1) is 15.4. The summed E-state index contributed by atoms with van der Waals surface area (Å²) in [6, 6.07) is 0.0448. The average molecular weight is 230 g/mol. The summed E-state index contributed by atoms with van der Waals surface area (Å²) < 4.78 is 0. The fraction of sp³-hybridized carbons (Fsp3) is 0.917. The first-order valence-electron chi connectivity index (χ1n) is 6.18. The molecular weight excluding hydrogens is 204 g/mol. The van der Waals surface area contributed by atoms with E-state index in [-0.39, 0.29) is 24.5 Å². The number of carbonyl (C=O) groups is 1. The van der Waals surface area contributed by atoms with E-state index in [2.05, 4.69) is 5.32 Å². The van der Waals surface area contributed by atoms with Crippen molar-refractivity contribution >= 4 is 5.91 Å². The molecule has 0 rings (SSSR count). The van der Waals surface area contributed by atoms with Gasteiger partial charge in [-0.25, -0.2) is 0 Å². The molecule has 0 fully saturated rings. The summed E-state index contributed by atoms with van der Waals surface area (Å²) >= 11 is 0. The van der Waals surface area contributed by atoms with Crippen molar-refractivity contribution in [1.29, 1.82) is 0 Å². The Labute approximate surface area is 98.6 Å². The molecule has 4 N–H and O–H groups in total. The molecule has 1 amide bonds. The number of nitrogens with two attached hydrogens (primary N) is 1. The van der Waals surface area contributed by atoms with Crippen LogP contribution < -0.4 is 11.1 Å². The van der Waals surface area contributed by atoms with Gasteiger partial charge in [0.1, 0.15) is 0 Å². The van der Waals surface area contributed by atoms with E-state index in [1.807, 2.05) is 20.8 Å². The minimum Gasteiger partial charge on any atom is -0.396 e. The Balaban J connectivity index is 4.25. The molecule has 0 aliphatic heterocycles. The molecule has 0 aromatic rings. The standard InChI is InChI=1S/C12H26N2O2/c1-4-5-10(8-13)12(16)14-11(6-7-15)9(2)3/h9-11,15H,4-8,13H2,1-3H3,(H,14,16). The molecule has 0 aromatic heterocycles. The van der Waals surface area contributed by atoms with Crippen molar-refractivity contribution in [3.8, 4) is 0 Å². The molecule has 2 atom stereocenters. The Hall–Kier alpha value is -0.610. The van der Waals surface area contributed by atoms with Gasteiger partial charge >= 0.3 is 0 Å². The summed E-state index contributed by atoms with van der Waals surface area (Å²) in [7, 11) is 0. The van der Waals surface area contributed by atoms with Crippen molar-refractivity contribution < 1.29 is 9.90 Å². The second-order valence-electron chi connectivity index (χ2n) is 4.59. The van der Waals surface area contributed by atoms with Crippen LogP contribution in [0.15, 0.2) is 0 Å². The second kappa shape index (κ2) is 8.53. The third-order valence-electron chi connectivity index (χ3n) is 2.86. The molecule has 0 saturated heterocycles. The van der Waals surface area contributed by atoms with Crippen LogP contribution in [-0.2, 0) is 4.79 Å². The van der Waals surface area contributed by atoms with Crippen LogP contribution in [0, 0.1) is 11.8 Å². The van der Waals surface area contributed by atoms with Gasteiger partial charge in [-0.15, -0.1) is 0 Å². The number of carbonyl (C=O) groups excluding carboxylic acids is 1. The third-order valence-corrected chi connectivity index (χ3v) is 2.86. The Kier molecular flexibility index (Phi) is 8.21. The highest BCUT2D eigenvalue weighted by Gasteiger charge is 2.21. The zero-order valence-electron chi connectivity index (χ0n) is 10.7. The van der Waals surface area contributed by atoms with Gasteiger partial charge in [0, 0.05) is 19.2 Å². The van der Waals surface area contributed by atoms with E-state index in [0.717, 1.165) is 12.8 Å². The fourth-order valence-electron chi connectivity index (χ4n) is 1.72. The molecule has 4 nitrogen and oxygen atoms in total. The maximum Gasteiger partial charge on any atom is 0.224 e. The van der Waals surface area contributed by atoms with Crippen LogP contribution in [0.3, 0.4) is 0 Å². The molecule has 0 heterocycles. The predicted molar refractivity (Wildman–Crippen MR) is 65.9 cm³/mol. The van der Waals surface area contributed by atoms with Crippen LogP contribution in [0.25, 0.3) is 0 Å². The molecule has 4 heteroatoms. The highest BCUT2D eigenvalue weighted by molar-refractivity contribution is 5.79. The molecule has 0 saturated carbocycles. The van der Waals surface area contributed by atoms with Crippen molar-refractivity contribution in [2.45, 2.75) is 46.1 Å². The van der Waals surface area contributed by atoms with Gasteiger partial charge in [-0.1, -0.05) is 27.2 Å². The van der Waals surface area contributed by atoms with Gasteiger partial charge in [0.15, 0.2) is 0 Å². The highest BCUT2D eigenvalue weighted by atomic mass is 16.3. The number of amides is 1. The smallest absolute Gasteiger partial charge is 0.224 e. The van der Waals surface area contributed by atoms with Gasteiger partial charge in [-0.05, 0) is 18.8 Å². The number of rotatable bonds is 8. The van der Waals surface area contributed by atoms with Crippen LogP contribution in [-0.4, -0.2) is 30.2 Å². The molecule has 0 aliphatic rings. The summed E-state index contributed by atoms with van der Waals surface area (Å²) in [5.41, 5.74) is 5.58. The van der Waals surface area contributed by atoms with Gasteiger partial charge in [-0.2, -0.15) is 0 Å². The van der Waals surface area contributed by atoms with E-state index < -0.39 is 0 Å². The molecule has 2 unspecified atom stereocenters. The lowest BCUT2D eigenvalue weighted by Crippen LogP contribution is -2.44. The summed E-state index contributed by atoms with van der Waals surface area (Å²) in [5, 5.41) is 11.9. The van der Waals surface area contributed by atoms with Crippen LogP contribution >= 0.6 is 0 Å². The number of aliphatic hydroxyl groups is 1. The van der Waals surface area contributed by atoms with E-state index in [1.54, 1.807) is 0 Å². The third kappa shape index (κ3) is 5.47. The monoisotopic (exact) mass is 230 g/mol. The largest absolute Gasteiger partial charge is 0.396 e. The van der Waals surface area contributed by atoms with Gasteiger partial charge in [0.2, 0.25) is 5.91 Å². The van der Waals surface area contributed by atoms with Crippen LogP contribution in [0.5, 0.6) is 0 Å². The van der Waals surface area contributed by atoms with Gasteiger partial charge in [0.25, 0.3) is 0 Å². The normalized spacial score (nSPS) is 14.9. The Bertz CT molecular complexity index is 195. The van der Waals surface area contributed by atoms with Crippen molar-refractivity contribution in [2.75, 3.05) is 13.2 Å². The molecule has 0 aliphatic carbocycles. The summed E-state index contributed by atoms with van der Waals surface area (Å²) in [4.78, 5) is 11.9. The van der Waals surface area contributed by atoms with Crippen LogP contribution in [0.1, 0.15) is 40.0 Å². The molecule has 16 heavy (non-hydrogen) atoms. The van der Waals surface area contributed by atoms with Gasteiger partial charge < -0.3 is 16.2 Å². The van der Waals surface area contributed by atoms with Crippen molar-refractivity contribution in [3.63, 3.8) is 0 Å². The first-order chi connectivity index (χ1) is 7.56. The topological polar surface area (TPSA) is 75.4 Å². The zero-order chi connectivity index (χ0) is 12.6. The van der Waals surface area contributed by atoms with Crippen molar-refractivity contribution in [1.82, 2.24) is 5.32 Å². The SMILES string of the molecule is CCCC(CN)C(=O)NC(CCO)C(C)C. The zero-order valence-corrected chi connectivity index (χ0v) is 10.7. The van der Waals surface area contributed by atoms with E-state index in [9.17, 15) is 4.79 Å². The molecule has 0 radical (unpaired) electrons. The quantitative estimate of drug-likeness (QED) is 0.579. The maximum atomic E-state index is 11.9. The van der Waals surface area contributed by atoms with Crippen molar-refractivity contribution in [2.24, 2.45) is 17.6 Å². The molecule has 0 spiro atoms. The minimum atomic E-state index is -0.0926. The number of aliphatic hydroxyl groups excluding tert-OH is 1. The van der Waals surface area contributed by atoms with E-state index in [1.165, 1.54) is 0 Å². The Morgan fingerprint density at radius 3 is 2.38 bits per heavy atom. The predicted octanol–water partition coefficient (Wildman–Crippen LogP) is 0.885. The van der Waals surface area contributed by atoms with Gasteiger partial charge in [-0.3, -0.25) is 4.79 Å². The molecule has 96 valence electrons. The lowest BCUT2D eigenvalue weighted by Gasteiger charge is -2.24. The number of hydrogen-bond acceptors (Lipinski definition) is 3. The van der Waals surface area contributed by atoms with Crippen molar-refractivity contribution in [3.05, 3.63) is 0 Å². The number of nitrogens with one attached hydrogen (secondary N) is 1. The van der Waals surface area contributed by atoms with E-state index in [4.69, 9.17) is 10.8 Å². The average Bonchev–Trinajstić information content (AvgIpc) is 2.24. The van der Waals surface area contributed by atoms with Gasteiger partial charge in [0.05, 0.1) is 5.92 Å². The van der Waals surface area contributed by atoms with Crippen LogP contribution in [0.4, 0.5) is 0 Å². The summed E-state index contributed by atoms with van der Waals surface area (Å²) in [6.45, 7) is 6.62. The lowest BCUT2D eigenvalue weighted by molar-refractivity contribution is -0.126. The summed E-state index contributed by atoms with van der Waals surface area (Å²) in [5.74, 6) is 0.262. The Morgan fingerprint density at radius 2 is 2.00 bits per heavy atom. The molecule has 0 aromatic carbocycles. The number of hydrogen-bond donors (Lipinski definition) is 3. The van der Waals surface area contributed by atoms with Crippen LogP contribution in [0.2, 0.25) is 0 Å². The lowest BCUT2D eigenvalue weighted by atomic mass is 9.98. The van der Waals surface area contributed by atoms with E-state index in [0.29, 0.717) is 18.9 Å². The fourth-order valence-corrected chi connectivity index (χ4v) is 1.72. The second-order valence-corrected chi connectivity index (χ2v) is 4.59. The Morgan fingerprint density at radius 1 is 1.38 bits per heavy atom. The summed E-state index contributed by atoms with van der Waals surface area (Å²) in [6.07, 6.45) is 2.39.